The normalized spacial score (nSPS) is 14.1. The Labute approximate surface area is 127 Å². The molecule has 0 saturated heterocycles. The lowest BCUT2D eigenvalue weighted by atomic mass is 9.96. The van der Waals surface area contributed by atoms with E-state index in [-0.39, 0.29) is 6.10 Å². The second-order valence-corrected chi connectivity index (χ2v) is 5.58. The van der Waals surface area contributed by atoms with Crippen LogP contribution in [-0.2, 0) is 11.3 Å². The Morgan fingerprint density at radius 2 is 1.76 bits per heavy atom. The highest BCUT2D eigenvalue weighted by atomic mass is 16.4. The van der Waals surface area contributed by atoms with E-state index in [9.17, 15) is 9.90 Å². The molecule has 21 heavy (non-hydrogen) atoms. The number of aliphatic carboxylic acids is 1. The topological polar surface area (TPSA) is 69.6 Å². The largest absolute Gasteiger partial charge is 0.481 e. The van der Waals surface area contributed by atoms with Gasteiger partial charge in [-0.1, -0.05) is 51.0 Å². The second kappa shape index (κ2) is 8.80. The lowest BCUT2D eigenvalue weighted by molar-refractivity contribution is -0.138. The molecule has 0 aromatic heterocycles. The minimum absolute atomic E-state index is 0.314. The number of carboxylic acids is 1. The van der Waals surface area contributed by atoms with E-state index >= 15 is 0 Å². The smallest absolute Gasteiger partial charge is 0.310 e. The van der Waals surface area contributed by atoms with Gasteiger partial charge in [0.15, 0.2) is 0 Å². The highest BCUT2D eigenvalue weighted by Gasteiger charge is 2.15. The summed E-state index contributed by atoms with van der Waals surface area (Å²) in [7, 11) is 0. The van der Waals surface area contributed by atoms with Crippen molar-refractivity contribution in [3.05, 3.63) is 35.4 Å². The van der Waals surface area contributed by atoms with Gasteiger partial charge in [0.1, 0.15) is 0 Å². The minimum Gasteiger partial charge on any atom is -0.481 e. The number of rotatable bonds is 9. The van der Waals surface area contributed by atoms with Gasteiger partial charge in [-0.05, 0) is 24.0 Å². The number of hydrogen-bond acceptors (Lipinski definition) is 3. The third-order valence-corrected chi connectivity index (χ3v) is 4.13. The lowest BCUT2D eigenvalue weighted by Crippen LogP contribution is -2.32. The number of hydrogen-bond donors (Lipinski definition) is 3. The second-order valence-electron chi connectivity index (χ2n) is 5.58. The Bertz CT molecular complexity index is 426. The monoisotopic (exact) mass is 293 g/mol. The maximum absolute atomic E-state index is 10.9. The van der Waals surface area contributed by atoms with Crippen LogP contribution in [0, 0.1) is 5.92 Å². The van der Waals surface area contributed by atoms with Crippen molar-refractivity contribution < 1.29 is 15.0 Å². The van der Waals surface area contributed by atoms with E-state index in [1.54, 1.807) is 6.92 Å². The van der Waals surface area contributed by atoms with Gasteiger partial charge in [0.25, 0.3) is 0 Å². The van der Waals surface area contributed by atoms with E-state index in [4.69, 9.17) is 5.11 Å². The molecule has 0 saturated carbocycles. The van der Waals surface area contributed by atoms with Crippen LogP contribution in [-0.4, -0.2) is 28.8 Å². The van der Waals surface area contributed by atoms with Crippen LogP contribution in [0.15, 0.2) is 24.3 Å². The molecule has 2 unspecified atom stereocenters. The van der Waals surface area contributed by atoms with Crippen LogP contribution in [0.1, 0.15) is 50.7 Å². The van der Waals surface area contributed by atoms with Crippen LogP contribution in [0.5, 0.6) is 0 Å². The van der Waals surface area contributed by atoms with Crippen LogP contribution in [0.3, 0.4) is 0 Å². The molecule has 0 aliphatic heterocycles. The zero-order valence-corrected chi connectivity index (χ0v) is 13.2. The first-order valence-corrected chi connectivity index (χ1v) is 7.69. The van der Waals surface area contributed by atoms with Crippen molar-refractivity contribution in [1.82, 2.24) is 5.32 Å². The number of nitrogens with one attached hydrogen (secondary N) is 1. The van der Waals surface area contributed by atoms with Crippen molar-refractivity contribution >= 4 is 5.97 Å². The van der Waals surface area contributed by atoms with Crippen molar-refractivity contribution in [3.8, 4) is 0 Å². The molecule has 1 aromatic carbocycles. The highest BCUT2D eigenvalue weighted by molar-refractivity contribution is 5.75. The van der Waals surface area contributed by atoms with Crippen LogP contribution < -0.4 is 5.32 Å². The quantitative estimate of drug-likeness (QED) is 0.655. The predicted molar refractivity (Wildman–Crippen MR) is 84.3 cm³/mol. The molecular weight excluding hydrogens is 266 g/mol. The molecule has 0 fully saturated rings. The molecular formula is C17H27NO3. The molecule has 0 radical (unpaired) electrons. The molecule has 4 nitrogen and oxygen atoms in total. The molecule has 0 heterocycles. The number of aliphatic hydroxyl groups is 1. The first-order valence-electron chi connectivity index (χ1n) is 7.69. The zero-order valence-electron chi connectivity index (χ0n) is 13.2. The molecule has 0 bridgehead atoms. The number of carbonyl (C=O) groups is 1. The Balaban J connectivity index is 2.44. The van der Waals surface area contributed by atoms with Crippen molar-refractivity contribution in [3.63, 3.8) is 0 Å². The molecule has 0 aliphatic carbocycles. The van der Waals surface area contributed by atoms with Crippen LogP contribution >= 0.6 is 0 Å². The van der Waals surface area contributed by atoms with Gasteiger partial charge in [-0.2, -0.15) is 0 Å². The Hall–Kier alpha value is -1.39. The molecule has 4 heteroatoms. The van der Waals surface area contributed by atoms with Gasteiger partial charge >= 0.3 is 5.97 Å². The van der Waals surface area contributed by atoms with Gasteiger partial charge in [0.2, 0.25) is 0 Å². The number of carboxylic acid groups (broad SMARTS) is 1. The average Bonchev–Trinajstić information content (AvgIpc) is 2.48. The lowest BCUT2D eigenvalue weighted by Gasteiger charge is -2.20. The van der Waals surface area contributed by atoms with Crippen molar-refractivity contribution in [2.24, 2.45) is 5.92 Å². The van der Waals surface area contributed by atoms with Crippen molar-refractivity contribution in [1.29, 1.82) is 0 Å². The van der Waals surface area contributed by atoms with Crippen LogP contribution in [0.4, 0.5) is 0 Å². The predicted octanol–water partition coefficient (Wildman–Crippen LogP) is 2.76. The summed E-state index contributed by atoms with van der Waals surface area (Å²) in [6.07, 6.45) is 1.66. The summed E-state index contributed by atoms with van der Waals surface area (Å²) >= 11 is 0. The minimum atomic E-state index is -0.811. The summed E-state index contributed by atoms with van der Waals surface area (Å²) in [5.74, 6) is -0.950. The Morgan fingerprint density at radius 1 is 1.19 bits per heavy atom. The summed E-state index contributed by atoms with van der Waals surface area (Å²) in [6, 6.07) is 7.58. The first-order chi connectivity index (χ1) is 9.99. The molecule has 0 aliphatic rings. The first kappa shape index (κ1) is 17.7. The third kappa shape index (κ3) is 5.48. The summed E-state index contributed by atoms with van der Waals surface area (Å²) in [5.41, 5.74) is 1.90. The Kier molecular flexibility index (Phi) is 7.40. The molecule has 1 aromatic rings. The molecule has 2 atom stereocenters. The summed E-state index contributed by atoms with van der Waals surface area (Å²) in [6.45, 7) is 7.14. The molecule has 118 valence electrons. The average molecular weight is 293 g/mol. The third-order valence-electron chi connectivity index (χ3n) is 4.13. The van der Waals surface area contributed by atoms with Gasteiger partial charge < -0.3 is 15.5 Å². The summed E-state index contributed by atoms with van der Waals surface area (Å²) in [4.78, 5) is 10.9. The zero-order chi connectivity index (χ0) is 15.8. The van der Waals surface area contributed by atoms with Crippen LogP contribution in [0.2, 0.25) is 0 Å². The molecule has 3 N–H and O–H groups in total. The maximum Gasteiger partial charge on any atom is 0.310 e. The summed E-state index contributed by atoms with van der Waals surface area (Å²) in [5, 5.41) is 22.3. The van der Waals surface area contributed by atoms with Crippen LogP contribution in [0.25, 0.3) is 0 Å². The van der Waals surface area contributed by atoms with E-state index in [0.29, 0.717) is 19.0 Å². The fourth-order valence-corrected chi connectivity index (χ4v) is 2.43. The fraction of sp³-hybridized carbons (Fsp3) is 0.588. The van der Waals surface area contributed by atoms with E-state index in [2.05, 4.69) is 19.2 Å². The van der Waals surface area contributed by atoms with Gasteiger partial charge in [-0.15, -0.1) is 0 Å². The van der Waals surface area contributed by atoms with Gasteiger partial charge in [0.05, 0.1) is 12.0 Å². The Morgan fingerprint density at radius 3 is 2.24 bits per heavy atom. The van der Waals surface area contributed by atoms with Gasteiger partial charge in [0, 0.05) is 13.1 Å². The maximum atomic E-state index is 10.9. The molecule has 1 rings (SSSR count). The summed E-state index contributed by atoms with van der Waals surface area (Å²) < 4.78 is 0. The highest BCUT2D eigenvalue weighted by Crippen LogP contribution is 2.16. The van der Waals surface area contributed by atoms with Gasteiger partial charge in [-0.3, -0.25) is 4.79 Å². The van der Waals surface area contributed by atoms with E-state index in [1.807, 2.05) is 24.3 Å². The fourth-order valence-electron chi connectivity index (χ4n) is 2.43. The van der Waals surface area contributed by atoms with Crippen molar-refractivity contribution in [2.75, 3.05) is 6.54 Å². The van der Waals surface area contributed by atoms with E-state index < -0.39 is 11.9 Å². The molecule has 0 spiro atoms. The SMILES string of the molecule is CCC(CC)C(O)CNCc1ccc(C(C)C(=O)O)cc1. The molecule has 0 amide bonds. The van der Waals surface area contributed by atoms with Crippen molar-refractivity contribution in [2.45, 2.75) is 52.2 Å². The van der Waals surface area contributed by atoms with Gasteiger partial charge in [-0.25, -0.2) is 0 Å². The number of aliphatic hydroxyl groups excluding tert-OH is 1. The van der Waals surface area contributed by atoms with E-state index in [1.165, 1.54) is 0 Å². The number of benzene rings is 1. The standard InChI is InChI=1S/C17H27NO3/c1-4-14(5-2)16(19)11-18-10-13-6-8-15(9-7-13)12(3)17(20)21/h6-9,12,14,16,18-19H,4-5,10-11H2,1-3H3,(H,20,21). The van der Waals surface area contributed by atoms with E-state index in [0.717, 1.165) is 24.0 Å².